The van der Waals surface area contributed by atoms with Crippen molar-refractivity contribution < 1.29 is 0 Å². The van der Waals surface area contributed by atoms with Crippen LogP contribution < -0.4 is 5.73 Å². The number of hydrogen-bond donors (Lipinski definition) is 1. The third-order valence-corrected chi connectivity index (χ3v) is 5.52. The first kappa shape index (κ1) is 14.3. The molecule has 2 unspecified atom stereocenters. The smallest absolute Gasteiger partial charge is 0.0336 e. The van der Waals surface area contributed by atoms with Crippen LogP contribution in [-0.2, 0) is 0 Å². The average Bonchev–Trinajstić information content (AvgIpc) is 2.77. The van der Waals surface area contributed by atoms with Gasteiger partial charge in [0.2, 0.25) is 0 Å². The highest BCUT2D eigenvalue weighted by Crippen LogP contribution is 2.45. The monoisotopic (exact) mass is 252 g/mol. The van der Waals surface area contributed by atoms with Crippen molar-refractivity contribution >= 4 is 0 Å². The second-order valence-corrected chi connectivity index (χ2v) is 7.86. The lowest BCUT2D eigenvalue weighted by Gasteiger charge is -2.50. The van der Waals surface area contributed by atoms with Gasteiger partial charge in [0.1, 0.15) is 0 Å². The fraction of sp³-hybridized carbons (Fsp3) is 1.00. The normalized spacial score (nSPS) is 37.3. The first-order chi connectivity index (χ1) is 8.38. The maximum atomic E-state index is 6.22. The van der Waals surface area contributed by atoms with E-state index in [1.54, 1.807) is 0 Å². The fourth-order valence-electron chi connectivity index (χ4n) is 4.30. The van der Waals surface area contributed by atoms with E-state index in [0.717, 1.165) is 18.4 Å². The molecular formula is C16H32N2. The Labute approximate surface area is 113 Å². The Morgan fingerprint density at radius 2 is 2.00 bits per heavy atom. The Morgan fingerprint density at radius 3 is 2.50 bits per heavy atom. The van der Waals surface area contributed by atoms with E-state index in [1.165, 1.54) is 45.2 Å². The summed E-state index contributed by atoms with van der Waals surface area (Å²) < 4.78 is 0. The van der Waals surface area contributed by atoms with E-state index in [9.17, 15) is 0 Å². The molecule has 2 heteroatoms. The van der Waals surface area contributed by atoms with Gasteiger partial charge in [0.05, 0.1) is 0 Å². The molecule has 1 saturated heterocycles. The number of rotatable bonds is 3. The quantitative estimate of drug-likeness (QED) is 0.835. The summed E-state index contributed by atoms with van der Waals surface area (Å²) in [5, 5.41) is 0. The van der Waals surface area contributed by atoms with Crippen LogP contribution in [-0.4, -0.2) is 30.1 Å². The third kappa shape index (κ3) is 2.75. The summed E-state index contributed by atoms with van der Waals surface area (Å²) in [6, 6.07) is 0. The SMILES string of the molecule is CC(C)C1CCN(C2(CN)CCCC(C)(C)C2)C1. The van der Waals surface area contributed by atoms with Gasteiger partial charge < -0.3 is 5.73 Å². The molecule has 2 nitrogen and oxygen atoms in total. The lowest BCUT2D eigenvalue weighted by Crippen LogP contribution is -2.57. The molecule has 2 N–H and O–H groups in total. The van der Waals surface area contributed by atoms with Crippen molar-refractivity contribution in [1.29, 1.82) is 0 Å². The summed E-state index contributed by atoms with van der Waals surface area (Å²) in [4.78, 5) is 2.75. The van der Waals surface area contributed by atoms with E-state index < -0.39 is 0 Å². The van der Waals surface area contributed by atoms with Crippen LogP contribution >= 0.6 is 0 Å². The van der Waals surface area contributed by atoms with Crippen LogP contribution in [0.4, 0.5) is 0 Å². The van der Waals surface area contributed by atoms with Gasteiger partial charge >= 0.3 is 0 Å². The van der Waals surface area contributed by atoms with Crippen LogP contribution in [0, 0.1) is 17.3 Å². The first-order valence-electron chi connectivity index (χ1n) is 7.84. The third-order valence-electron chi connectivity index (χ3n) is 5.52. The summed E-state index contributed by atoms with van der Waals surface area (Å²) in [5.74, 6) is 1.71. The molecule has 0 amide bonds. The molecule has 0 aromatic carbocycles. The molecule has 0 spiro atoms. The highest BCUT2D eigenvalue weighted by atomic mass is 15.2. The molecule has 0 radical (unpaired) electrons. The van der Waals surface area contributed by atoms with Gasteiger partial charge in [0.25, 0.3) is 0 Å². The summed E-state index contributed by atoms with van der Waals surface area (Å²) in [5.41, 5.74) is 7.01. The zero-order valence-corrected chi connectivity index (χ0v) is 12.8. The van der Waals surface area contributed by atoms with E-state index in [2.05, 4.69) is 32.6 Å². The molecule has 2 fully saturated rings. The minimum atomic E-state index is 0.311. The fourth-order valence-corrected chi connectivity index (χ4v) is 4.30. The van der Waals surface area contributed by atoms with Crippen LogP contribution in [0.2, 0.25) is 0 Å². The van der Waals surface area contributed by atoms with Crippen molar-refractivity contribution in [2.24, 2.45) is 23.0 Å². The molecule has 1 aliphatic heterocycles. The maximum Gasteiger partial charge on any atom is 0.0336 e. The Bertz CT molecular complexity index is 285. The van der Waals surface area contributed by atoms with Crippen molar-refractivity contribution in [1.82, 2.24) is 4.90 Å². The summed E-state index contributed by atoms with van der Waals surface area (Å²) >= 11 is 0. The average molecular weight is 252 g/mol. The highest BCUT2D eigenvalue weighted by Gasteiger charge is 2.45. The molecular weight excluding hydrogens is 220 g/mol. The summed E-state index contributed by atoms with van der Waals surface area (Å²) in [6.45, 7) is 13.0. The Balaban J connectivity index is 2.09. The summed E-state index contributed by atoms with van der Waals surface area (Å²) in [6.07, 6.45) is 6.71. The van der Waals surface area contributed by atoms with Gasteiger partial charge in [-0.3, -0.25) is 4.90 Å². The van der Waals surface area contributed by atoms with Gasteiger partial charge in [-0.25, -0.2) is 0 Å². The molecule has 1 aliphatic carbocycles. The topological polar surface area (TPSA) is 29.3 Å². The molecule has 106 valence electrons. The van der Waals surface area contributed by atoms with Gasteiger partial charge in [0, 0.05) is 18.6 Å². The Morgan fingerprint density at radius 1 is 1.28 bits per heavy atom. The van der Waals surface area contributed by atoms with Crippen molar-refractivity contribution in [2.75, 3.05) is 19.6 Å². The van der Waals surface area contributed by atoms with Crippen LogP contribution in [0.25, 0.3) is 0 Å². The number of nitrogens with two attached hydrogens (primary N) is 1. The van der Waals surface area contributed by atoms with Gasteiger partial charge in [0.15, 0.2) is 0 Å². The van der Waals surface area contributed by atoms with Crippen LogP contribution in [0.15, 0.2) is 0 Å². The first-order valence-corrected chi connectivity index (χ1v) is 7.84. The maximum absolute atomic E-state index is 6.22. The van der Waals surface area contributed by atoms with Gasteiger partial charge in [-0.05, 0) is 49.5 Å². The molecule has 1 saturated carbocycles. The van der Waals surface area contributed by atoms with Crippen LogP contribution in [0.1, 0.15) is 59.8 Å². The number of hydrogen-bond acceptors (Lipinski definition) is 2. The van der Waals surface area contributed by atoms with Gasteiger partial charge in [-0.15, -0.1) is 0 Å². The second-order valence-electron chi connectivity index (χ2n) is 7.86. The van der Waals surface area contributed by atoms with E-state index in [0.29, 0.717) is 11.0 Å². The van der Waals surface area contributed by atoms with Crippen LogP contribution in [0.5, 0.6) is 0 Å². The molecule has 0 bridgehead atoms. The van der Waals surface area contributed by atoms with Crippen molar-refractivity contribution in [3.8, 4) is 0 Å². The Hall–Kier alpha value is -0.0800. The predicted octanol–water partition coefficient (Wildman–Crippen LogP) is 3.26. The minimum Gasteiger partial charge on any atom is -0.329 e. The largest absolute Gasteiger partial charge is 0.329 e. The zero-order valence-electron chi connectivity index (χ0n) is 12.8. The van der Waals surface area contributed by atoms with E-state index in [4.69, 9.17) is 5.73 Å². The molecule has 0 aromatic rings. The van der Waals surface area contributed by atoms with Crippen molar-refractivity contribution in [3.63, 3.8) is 0 Å². The molecule has 2 atom stereocenters. The second kappa shape index (κ2) is 5.13. The summed E-state index contributed by atoms with van der Waals surface area (Å²) in [7, 11) is 0. The Kier molecular flexibility index (Phi) is 4.08. The van der Waals surface area contributed by atoms with E-state index >= 15 is 0 Å². The molecule has 2 aliphatic rings. The lowest BCUT2D eigenvalue weighted by atomic mass is 9.67. The number of likely N-dealkylation sites (tertiary alicyclic amines) is 1. The van der Waals surface area contributed by atoms with E-state index in [1.807, 2.05) is 0 Å². The molecule has 1 heterocycles. The lowest BCUT2D eigenvalue weighted by molar-refractivity contribution is 0.0221. The zero-order chi connectivity index (χ0) is 13.4. The molecule has 0 aromatic heterocycles. The standard InChI is InChI=1S/C16H32N2/c1-13(2)14-6-9-18(10-14)16(12-17)8-5-7-15(3,4)11-16/h13-14H,5-12,17H2,1-4H3. The van der Waals surface area contributed by atoms with Crippen LogP contribution in [0.3, 0.4) is 0 Å². The minimum absolute atomic E-state index is 0.311. The van der Waals surface area contributed by atoms with Crippen molar-refractivity contribution in [2.45, 2.75) is 65.3 Å². The van der Waals surface area contributed by atoms with Crippen molar-refractivity contribution in [3.05, 3.63) is 0 Å². The van der Waals surface area contributed by atoms with Gasteiger partial charge in [-0.2, -0.15) is 0 Å². The molecule has 2 rings (SSSR count). The highest BCUT2D eigenvalue weighted by molar-refractivity contribution is 5.01. The van der Waals surface area contributed by atoms with E-state index in [-0.39, 0.29) is 0 Å². The number of nitrogens with zero attached hydrogens (tertiary/aromatic N) is 1. The molecule has 18 heavy (non-hydrogen) atoms. The predicted molar refractivity (Wildman–Crippen MR) is 78.6 cm³/mol. The van der Waals surface area contributed by atoms with Gasteiger partial charge in [-0.1, -0.05) is 34.1 Å².